The van der Waals surface area contributed by atoms with E-state index in [0.29, 0.717) is 50.8 Å². The van der Waals surface area contributed by atoms with Gasteiger partial charge in [0.05, 0.1) is 19.1 Å². The van der Waals surface area contributed by atoms with Crippen molar-refractivity contribution in [3.05, 3.63) is 0 Å². The van der Waals surface area contributed by atoms with Crippen LogP contribution in [0.4, 0.5) is 4.79 Å². The number of piperazine rings is 1. The number of amides is 3. The standard InChI is InChI=1S/C22H39N5O4/c1-24-8-10-26(11-9-24)7-6-23-22(30)27(12-13-31-3)21(29)18-14-17-15-19(28)4-5-20(17)25(2)16-18/h17-18,20H,4-16H2,1-3H3,(H,23,30)/t17-,18-,20-/m1/s1. The zero-order valence-electron chi connectivity index (χ0n) is 19.3. The van der Waals surface area contributed by atoms with Crippen LogP contribution in [-0.2, 0) is 14.3 Å². The molecule has 0 aromatic carbocycles. The first-order valence-electron chi connectivity index (χ1n) is 11.6. The summed E-state index contributed by atoms with van der Waals surface area (Å²) in [5.74, 6) is 0.0778. The Hall–Kier alpha value is -1.55. The van der Waals surface area contributed by atoms with Crippen molar-refractivity contribution in [2.75, 3.05) is 80.2 Å². The molecule has 3 fully saturated rings. The summed E-state index contributed by atoms with van der Waals surface area (Å²) in [6.45, 7) is 6.54. The van der Waals surface area contributed by atoms with Crippen molar-refractivity contribution in [2.24, 2.45) is 11.8 Å². The summed E-state index contributed by atoms with van der Waals surface area (Å²) in [5, 5.41) is 2.93. The second-order valence-electron chi connectivity index (χ2n) is 9.34. The lowest BCUT2D eigenvalue weighted by Crippen LogP contribution is -2.56. The maximum Gasteiger partial charge on any atom is 0.324 e. The van der Waals surface area contributed by atoms with Gasteiger partial charge in [-0.1, -0.05) is 0 Å². The molecule has 3 aliphatic rings. The average molecular weight is 438 g/mol. The number of nitrogens with zero attached hydrogens (tertiary/aromatic N) is 4. The molecular formula is C22H39N5O4. The quantitative estimate of drug-likeness (QED) is 0.605. The summed E-state index contributed by atoms with van der Waals surface area (Å²) in [6.07, 6.45) is 2.74. The molecule has 2 heterocycles. The van der Waals surface area contributed by atoms with Crippen LogP contribution in [0.5, 0.6) is 0 Å². The van der Waals surface area contributed by atoms with Gasteiger partial charge in [-0.15, -0.1) is 0 Å². The lowest BCUT2D eigenvalue weighted by atomic mass is 9.74. The van der Waals surface area contributed by atoms with E-state index in [-0.39, 0.29) is 30.3 Å². The average Bonchev–Trinajstić information content (AvgIpc) is 2.74. The maximum absolute atomic E-state index is 13.3. The molecule has 0 unspecified atom stereocenters. The molecule has 3 amide bonds. The van der Waals surface area contributed by atoms with Gasteiger partial charge in [0.1, 0.15) is 5.78 Å². The molecule has 2 saturated heterocycles. The van der Waals surface area contributed by atoms with Crippen LogP contribution in [0.1, 0.15) is 25.7 Å². The van der Waals surface area contributed by atoms with Gasteiger partial charge in [0.25, 0.3) is 0 Å². The van der Waals surface area contributed by atoms with E-state index < -0.39 is 0 Å². The van der Waals surface area contributed by atoms with Gasteiger partial charge in [-0.25, -0.2) is 4.79 Å². The van der Waals surface area contributed by atoms with Crippen molar-refractivity contribution in [1.29, 1.82) is 0 Å². The number of rotatable bonds is 7. The van der Waals surface area contributed by atoms with Crippen molar-refractivity contribution in [3.8, 4) is 0 Å². The number of fused-ring (bicyclic) bond motifs is 1. The van der Waals surface area contributed by atoms with E-state index >= 15 is 0 Å². The Balaban J connectivity index is 1.55. The molecule has 1 saturated carbocycles. The number of likely N-dealkylation sites (tertiary alicyclic amines) is 1. The van der Waals surface area contributed by atoms with Gasteiger partial charge in [0.2, 0.25) is 5.91 Å². The normalized spacial score (nSPS) is 28.2. The fraction of sp³-hybridized carbons (Fsp3) is 0.864. The van der Waals surface area contributed by atoms with E-state index in [1.807, 2.05) is 7.05 Å². The molecule has 2 aliphatic heterocycles. The minimum Gasteiger partial charge on any atom is -0.383 e. The molecule has 0 aromatic rings. The van der Waals surface area contributed by atoms with Crippen LogP contribution in [0.15, 0.2) is 0 Å². The van der Waals surface area contributed by atoms with Crippen LogP contribution in [0, 0.1) is 11.8 Å². The summed E-state index contributed by atoms with van der Waals surface area (Å²) in [4.78, 5) is 46.3. The molecule has 0 bridgehead atoms. The third kappa shape index (κ3) is 6.47. The number of ether oxygens (including phenoxy) is 1. The number of methoxy groups -OCH3 is 1. The summed E-state index contributed by atoms with van der Waals surface area (Å²) >= 11 is 0. The third-order valence-corrected chi connectivity index (χ3v) is 7.09. The molecule has 176 valence electrons. The number of Topliss-reactive ketones (excluding diaryl/α,β-unsaturated/α-hetero) is 1. The molecule has 0 aromatic heterocycles. The number of hydrogen-bond acceptors (Lipinski definition) is 7. The number of hydrogen-bond donors (Lipinski definition) is 1. The zero-order valence-corrected chi connectivity index (χ0v) is 19.3. The monoisotopic (exact) mass is 437 g/mol. The Morgan fingerprint density at radius 1 is 1.19 bits per heavy atom. The number of piperidine rings is 1. The van der Waals surface area contributed by atoms with Crippen LogP contribution in [0.3, 0.4) is 0 Å². The summed E-state index contributed by atoms with van der Waals surface area (Å²) in [7, 11) is 5.72. The SMILES string of the molecule is COCCN(C(=O)NCCN1CCN(C)CC1)C(=O)[C@@H]1C[C@@H]2CC(=O)CC[C@H]2N(C)C1. The Labute approximate surface area is 186 Å². The molecule has 9 heteroatoms. The van der Waals surface area contributed by atoms with Crippen LogP contribution >= 0.6 is 0 Å². The number of imide groups is 1. The fourth-order valence-corrected chi connectivity index (χ4v) is 5.20. The van der Waals surface area contributed by atoms with Crippen LogP contribution in [0.25, 0.3) is 0 Å². The number of carbonyl (C=O) groups excluding carboxylic acids is 3. The van der Waals surface area contributed by atoms with Crippen molar-refractivity contribution in [3.63, 3.8) is 0 Å². The smallest absolute Gasteiger partial charge is 0.324 e. The highest BCUT2D eigenvalue weighted by Gasteiger charge is 2.42. The Morgan fingerprint density at radius 3 is 2.65 bits per heavy atom. The molecule has 9 nitrogen and oxygen atoms in total. The van der Waals surface area contributed by atoms with Gasteiger partial charge in [-0.2, -0.15) is 0 Å². The van der Waals surface area contributed by atoms with E-state index in [0.717, 1.165) is 39.1 Å². The zero-order chi connectivity index (χ0) is 22.4. The van der Waals surface area contributed by atoms with E-state index in [1.54, 1.807) is 7.11 Å². The Kier molecular flexibility index (Phi) is 8.83. The minimum absolute atomic E-state index is 0.155. The summed E-state index contributed by atoms with van der Waals surface area (Å²) in [6, 6.07) is 0.0206. The first kappa shape index (κ1) is 24.1. The largest absolute Gasteiger partial charge is 0.383 e. The summed E-state index contributed by atoms with van der Waals surface area (Å²) in [5.41, 5.74) is 0. The highest BCUT2D eigenvalue weighted by atomic mass is 16.5. The van der Waals surface area contributed by atoms with Gasteiger partial charge < -0.3 is 19.9 Å². The Bertz CT molecular complexity index is 637. The van der Waals surface area contributed by atoms with E-state index in [9.17, 15) is 14.4 Å². The number of carbonyl (C=O) groups is 3. The predicted octanol–water partition coefficient (Wildman–Crippen LogP) is 0.108. The second-order valence-corrected chi connectivity index (χ2v) is 9.34. The van der Waals surface area contributed by atoms with Crippen LogP contribution in [-0.4, -0.2) is 124 Å². The van der Waals surface area contributed by atoms with Gasteiger partial charge in [0.15, 0.2) is 0 Å². The van der Waals surface area contributed by atoms with Crippen molar-refractivity contribution in [1.82, 2.24) is 24.9 Å². The lowest BCUT2D eigenvalue weighted by Gasteiger charge is -2.45. The van der Waals surface area contributed by atoms with E-state index in [2.05, 4.69) is 27.1 Å². The van der Waals surface area contributed by atoms with Crippen LogP contribution in [0.2, 0.25) is 0 Å². The Morgan fingerprint density at radius 2 is 1.94 bits per heavy atom. The van der Waals surface area contributed by atoms with Gasteiger partial charge >= 0.3 is 6.03 Å². The van der Waals surface area contributed by atoms with Gasteiger partial charge in [0, 0.05) is 71.8 Å². The van der Waals surface area contributed by atoms with Crippen molar-refractivity contribution < 1.29 is 19.1 Å². The number of nitrogens with one attached hydrogen (secondary N) is 1. The van der Waals surface area contributed by atoms with Gasteiger partial charge in [-0.05, 0) is 32.9 Å². The van der Waals surface area contributed by atoms with Crippen molar-refractivity contribution >= 4 is 17.7 Å². The van der Waals surface area contributed by atoms with Gasteiger partial charge in [-0.3, -0.25) is 19.4 Å². The maximum atomic E-state index is 13.3. The second kappa shape index (κ2) is 11.4. The first-order valence-corrected chi connectivity index (χ1v) is 11.6. The highest BCUT2D eigenvalue weighted by molar-refractivity contribution is 5.95. The number of likely N-dealkylation sites (N-methyl/N-ethyl adjacent to an activating group) is 1. The number of ketones is 1. The molecular weight excluding hydrogens is 398 g/mol. The third-order valence-electron chi connectivity index (χ3n) is 7.09. The first-order chi connectivity index (χ1) is 14.9. The molecule has 1 N–H and O–H groups in total. The van der Waals surface area contributed by atoms with E-state index in [1.165, 1.54) is 4.90 Å². The fourth-order valence-electron chi connectivity index (χ4n) is 5.20. The summed E-state index contributed by atoms with van der Waals surface area (Å²) < 4.78 is 5.15. The topological polar surface area (TPSA) is 85.4 Å². The molecule has 1 aliphatic carbocycles. The highest BCUT2D eigenvalue weighted by Crippen LogP contribution is 2.36. The van der Waals surface area contributed by atoms with Crippen molar-refractivity contribution in [2.45, 2.75) is 31.7 Å². The molecule has 0 spiro atoms. The molecule has 0 radical (unpaired) electrons. The minimum atomic E-state index is -0.347. The molecule has 3 rings (SSSR count). The van der Waals surface area contributed by atoms with E-state index in [4.69, 9.17) is 4.74 Å². The predicted molar refractivity (Wildman–Crippen MR) is 118 cm³/mol. The number of urea groups is 1. The lowest BCUT2D eigenvalue weighted by molar-refractivity contribution is -0.138. The molecule has 3 atom stereocenters. The molecule has 31 heavy (non-hydrogen) atoms. The van der Waals surface area contributed by atoms with Crippen LogP contribution < -0.4 is 5.32 Å².